The van der Waals surface area contributed by atoms with Gasteiger partial charge in [0.1, 0.15) is 0 Å². The van der Waals surface area contributed by atoms with Crippen LogP contribution in [0.4, 0.5) is 0 Å². The van der Waals surface area contributed by atoms with Crippen molar-refractivity contribution < 1.29 is 14.6 Å². The van der Waals surface area contributed by atoms with E-state index in [4.69, 9.17) is 4.74 Å². The molecule has 0 amide bonds. The quantitative estimate of drug-likeness (QED) is 0.900. The van der Waals surface area contributed by atoms with Crippen LogP contribution in [0.15, 0.2) is 24.3 Å². The molecule has 0 aliphatic heterocycles. The van der Waals surface area contributed by atoms with Crippen LogP contribution in [0.1, 0.15) is 43.7 Å². The average molecular weight is 300 g/mol. The maximum atomic E-state index is 12.2. The summed E-state index contributed by atoms with van der Waals surface area (Å²) in [6.45, 7) is 4.31. The number of hydrogen-bond acceptors (Lipinski definition) is 3. The van der Waals surface area contributed by atoms with E-state index in [-0.39, 0.29) is 16.9 Å². The molecule has 0 bridgehead atoms. The number of methoxy groups -OCH3 is 1. The van der Waals surface area contributed by atoms with Gasteiger partial charge >= 0.3 is 0 Å². The van der Waals surface area contributed by atoms with Crippen LogP contribution in [-0.2, 0) is 10.2 Å². The van der Waals surface area contributed by atoms with Crippen LogP contribution < -0.4 is 4.74 Å². The molecular weight excluding hydrogens is 276 g/mol. The van der Waals surface area contributed by atoms with Gasteiger partial charge in [-0.2, -0.15) is 0 Å². The normalized spacial score (nSPS) is 31.0. The van der Waals surface area contributed by atoms with Gasteiger partial charge in [-0.3, -0.25) is 4.79 Å². The number of carbonyl (C=O) groups is 1. The summed E-state index contributed by atoms with van der Waals surface area (Å²) in [4.78, 5) is 12.2. The number of aryl methyl sites for hydroxylation is 1. The van der Waals surface area contributed by atoms with Gasteiger partial charge in [-0.1, -0.05) is 31.9 Å². The second kappa shape index (κ2) is 5.45. The molecule has 3 heteroatoms. The van der Waals surface area contributed by atoms with Gasteiger partial charge in [0.25, 0.3) is 0 Å². The lowest BCUT2D eigenvalue weighted by Gasteiger charge is -2.49. The second-order valence-electron chi connectivity index (χ2n) is 6.86. The van der Waals surface area contributed by atoms with Crippen molar-refractivity contribution in [3.05, 3.63) is 35.4 Å². The first-order valence-electron chi connectivity index (χ1n) is 8.07. The van der Waals surface area contributed by atoms with Crippen molar-refractivity contribution in [1.29, 1.82) is 0 Å². The molecule has 3 nitrogen and oxygen atoms in total. The maximum absolute atomic E-state index is 12.2. The molecule has 2 aliphatic carbocycles. The predicted molar refractivity (Wildman–Crippen MR) is 86.3 cm³/mol. The van der Waals surface area contributed by atoms with Crippen molar-refractivity contribution in [2.45, 2.75) is 44.9 Å². The standard InChI is InChI=1S/C19H24O3/c1-12-5-4-10-19(11-14(20)7-8-15(12)19)17-13(2)6-9-16(21)18(17)22-3/h6-9,12,15,21H,4-5,10-11H2,1-3H3/t12-,15-,19-/m0/s1. The third-order valence-electron chi connectivity index (χ3n) is 5.56. The summed E-state index contributed by atoms with van der Waals surface area (Å²) in [6, 6.07) is 3.61. The number of aromatic hydroxyl groups is 1. The number of rotatable bonds is 2. The Kier molecular flexibility index (Phi) is 3.75. The molecule has 1 aromatic rings. The Balaban J connectivity index is 2.25. The highest BCUT2D eigenvalue weighted by atomic mass is 16.5. The van der Waals surface area contributed by atoms with Crippen molar-refractivity contribution in [3.8, 4) is 11.5 Å². The third-order valence-corrected chi connectivity index (χ3v) is 5.56. The van der Waals surface area contributed by atoms with Crippen LogP contribution in [0, 0.1) is 18.8 Å². The second-order valence-corrected chi connectivity index (χ2v) is 6.86. The lowest BCUT2D eigenvalue weighted by molar-refractivity contribution is -0.117. The monoisotopic (exact) mass is 300 g/mol. The molecule has 0 saturated heterocycles. The van der Waals surface area contributed by atoms with E-state index in [1.165, 1.54) is 6.42 Å². The summed E-state index contributed by atoms with van der Waals surface area (Å²) in [6.07, 6.45) is 7.62. The first kappa shape index (κ1) is 15.1. The van der Waals surface area contributed by atoms with Crippen molar-refractivity contribution in [1.82, 2.24) is 0 Å². The largest absolute Gasteiger partial charge is 0.504 e. The Morgan fingerprint density at radius 2 is 2.14 bits per heavy atom. The number of phenolic OH excluding ortho intramolecular Hbond substituents is 1. The van der Waals surface area contributed by atoms with Crippen LogP contribution in [0.3, 0.4) is 0 Å². The van der Waals surface area contributed by atoms with Gasteiger partial charge < -0.3 is 9.84 Å². The molecule has 118 valence electrons. The van der Waals surface area contributed by atoms with E-state index >= 15 is 0 Å². The lowest BCUT2D eigenvalue weighted by Crippen LogP contribution is -2.45. The number of hydrogen-bond donors (Lipinski definition) is 1. The topological polar surface area (TPSA) is 46.5 Å². The summed E-state index contributed by atoms with van der Waals surface area (Å²) in [5.41, 5.74) is 1.89. The minimum absolute atomic E-state index is 0.163. The minimum Gasteiger partial charge on any atom is -0.504 e. The number of ether oxygens (including phenoxy) is 1. The minimum atomic E-state index is -0.238. The fourth-order valence-corrected chi connectivity index (χ4v) is 4.67. The summed E-state index contributed by atoms with van der Waals surface area (Å²) < 4.78 is 5.54. The SMILES string of the molecule is COc1c(O)ccc(C)c1[C@]12CCC[C@H](C)[C@@H]1C=CC(=O)C2. The number of ketones is 1. The molecule has 1 aromatic carbocycles. The van der Waals surface area contributed by atoms with Gasteiger partial charge in [0.2, 0.25) is 0 Å². The predicted octanol–water partition coefficient (Wildman–Crippen LogP) is 3.91. The first-order valence-corrected chi connectivity index (χ1v) is 8.07. The van der Waals surface area contributed by atoms with Gasteiger partial charge in [0.05, 0.1) is 7.11 Å². The van der Waals surface area contributed by atoms with E-state index in [1.54, 1.807) is 19.3 Å². The van der Waals surface area contributed by atoms with Crippen LogP contribution >= 0.6 is 0 Å². The zero-order valence-corrected chi connectivity index (χ0v) is 13.6. The molecule has 0 radical (unpaired) electrons. The van der Waals surface area contributed by atoms with Gasteiger partial charge in [0, 0.05) is 17.4 Å². The highest BCUT2D eigenvalue weighted by Crippen LogP contribution is 2.55. The van der Waals surface area contributed by atoms with Gasteiger partial charge in [0.15, 0.2) is 17.3 Å². The highest BCUT2D eigenvalue weighted by molar-refractivity contribution is 5.92. The first-order chi connectivity index (χ1) is 10.5. The summed E-state index contributed by atoms with van der Waals surface area (Å²) >= 11 is 0. The third kappa shape index (κ3) is 2.15. The highest BCUT2D eigenvalue weighted by Gasteiger charge is 2.49. The van der Waals surface area contributed by atoms with Crippen molar-refractivity contribution in [2.75, 3.05) is 7.11 Å². The zero-order chi connectivity index (χ0) is 15.9. The fraction of sp³-hybridized carbons (Fsp3) is 0.526. The van der Waals surface area contributed by atoms with E-state index in [1.807, 2.05) is 13.0 Å². The summed E-state index contributed by atoms with van der Waals surface area (Å²) in [7, 11) is 1.59. The molecule has 1 N–H and O–H groups in total. The molecule has 1 saturated carbocycles. The number of benzene rings is 1. The molecule has 0 heterocycles. The number of allylic oxidation sites excluding steroid dienone is 2. The maximum Gasteiger partial charge on any atom is 0.164 e. The molecule has 3 rings (SSSR count). The number of carbonyl (C=O) groups excluding carboxylic acids is 1. The zero-order valence-electron chi connectivity index (χ0n) is 13.6. The van der Waals surface area contributed by atoms with Crippen LogP contribution in [0.2, 0.25) is 0 Å². The molecule has 3 atom stereocenters. The number of phenols is 1. The molecule has 22 heavy (non-hydrogen) atoms. The Morgan fingerprint density at radius 3 is 2.86 bits per heavy atom. The van der Waals surface area contributed by atoms with Crippen LogP contribution in [0.5, 0.6) is 11.5 Å². The van der Waals surface area contributed by atoms with Gasteiger partial charge in [-0.15, -0.1) is 0 Å². The van der Waals surface area contributed by atoms with Crippen molar-refractivity contribution in [3.63, 3.8) is 0 Å². The molecule has 2 aliphatic rings. The van der Waals surface area contributed by atoms with E-state index in [0.717, 1.165) is 24.0 Å². The van der Waals surface area contributed by atoms with Crippen molar-refractivity contribution in [2.24, 2.45) is 11.8 Å². The Hall–Kier alpha value is -1.77. The Labute approximate surface area is 132 Å². The van der Waals surface area contributed by atoms with E-state index < -0.39 is 0 Å². The Bertz CT molecular complexity index is 632. The molecule has 1 fully saturated rings. The molecule has 0 aromatic heterocycles. The summed E-state index contributed by atoms with van der Waals surface area (Å²) in [5.74, 6) is 1.74. The van der Waals surface area contributed by atoms with E-state index in [9.17, 15) is 9.90 Å². The van der Waals surface area contributed by atoms with Gasteiger partial charge in [-0.25, -0.2) is 0 Å². The Morgan fingerprint density at radius 1 is 1.36 bits per heavy atom. The number of fused-ring (bicyclic) bond motifs is 1. The fourth-order valence-electron chi connectivity index (χ4n) is 4.67. The lowest BCUT2D eigenvalue weighted by atomic mass is 9.54. The van der Waals surface area contributed by atoms with E-state index in [0.29, 0.717) is 24.0 Å². The summed E-state index contributed by atoms with van der Waals surface area (Å²) in [5, 5.41) is 10.2. The van der Waals surface area contributed by atoms with Gasteiger partial charge in [-0.05, 0) is 42.9 Å². The molecular formula is C19H24O3. The molecule has 0 spiro atoms. The van der Waals surface area contributed by atoms with Crippen molar-refractivity contribution >= 4 is 5.78 Å². The van der Waals surface area contributed by atoms with E-state index in [2.05, 4.69) is 13.0 Å². The average Bonchev–Trinajstić information content (AvgIpc) is 2.49. The smallest absolute Gasteiger partial charge is 0.164 e. The molecule has 0 unspecified atom stereocenters. The van der Waals surface area contributed by atoms with Crippen LogP contribution in [-0.4, -0.2) is 18.0 Å². The van der Waals surface area contributed by atoms with Crippen LogP contribution in [0.25, 0.3) is 0 Å².